The van der Waals surface area contributed by atoms with Gasteiger partial charge < -0.3 is 5.73 Å². The van der Waals surface area contributed by atoms with Gasteiger partial charge in [0.2, 0.25) is 0 Å². The van der Waals surface area contributed by atoms with Crippen LogP contribution in [0, 0.1) is 0 Å². The molecule has 0 saturated heterocycles. The minimum atomic E-state index is -0.463. The van der Waals surface area contributed by atoms with Crippen molar-refractivity contribution in [2.24, 2.45) is 5.73 Å². The number of anilines is 1. The number of carbonyl (C=O) groups is 1. The summed E-state index contributed by atoms with van der Waals surface area (Å²) in [6, 6.07) is 7.78. The van der Waals surface area contributed by atoms with Crippen LogP contribution in [-0.2, 0) is 11.3 Å². The van der Waals surface area contributed by atoms with E-state index in [0.29, 0.717) is 12.4 Å². The molecule has 4 N–H and O–H groups in total. The quantitative estimate of drug-likeness (QED) is 0.491. The highest BCUT2D eigenvalue weighted by Crippen LogP contribution is 2.14. The molecule has 1 aliphatic heterocycles. The number of nitrogens with one attached hydrogen (secondary N) is 2. The Kier molecular flexibility index (Phi) is 1.73. The van der Waals surface area contributed by atoms with Crippen molar-refractivity contribution in [3.63, 3.8) is 0 Å². The second-order valence-corrected chi connectivity index (χ2v) is 2.87. The standard InChI is InChI=1S/C9H9N3O/c10-8(13)9-11-5-6-3-1-2-4-7(6)12-9/h1-4H,5H2,(H2,10,13)(H,11,12)/p+1. The van der Waals surface area contributed by atoms with Gasteiger partial charge in [-0.3, -0.25) is 9.79 Å². The zero-order valence-corrected chi connectivity index (χ0v) is 7.00. The topological polar surface area (TPSA) is 69.1 Å². The Balaban J connectivity index is 2.33. The molecule has 4 nitrogen and oxygen atoms in total. The molecule has 0 spiro atoms. The van der Waals surface area contributed by atoms with Gasteiger partial charge in [0, 0.05) is 5.56 Å². The summed E-state index contributed by atoms with van der Waals surface area (Å²) in [5, 5.41) is 2.93. The molecule has 0 aliphatic carbocycles. The smallest absolute Gasteiger partial charge is 0.339 e. The Morgan fingerprint density at radius 1 is 1.46 bits per heavy atom. The van der Waals surface area contributed by atoms with Crippen molar-refractivity contribution < 1.29 is 9.79 Å². The number of para-hydroxylation sites is 1. The number of hydrogen-bond donors (Lipinski definition) is 3. The molecule has 1 aromatic carbocycles. The predicted octanol–water partition coefficient (Wildman–Crippen LogP) is -1.42. The number of fused-ring (bicyclic) bond motifs is 1. The average Bonchev–Trinajstić information content (AvgIpc) is 2.17. The lowest BCUT2D eigenvalue weighted by Gasteiger charge is -2.09. The van der Waals surface area contributed by atoms with Crippen LogP contribution in [0.2, 0.25) is 0 Å². The van der Waals surface area contributed by atoms with Crippen LogP contribution in [-0.4, -0.2) is 11.7 Å². The summed E-state index contributed by atoms with van der Waals surface area (Å²) in [6.07, 6.45) is 0. The van der Waals surface area contributed by atoms with Crippen LogP contribution in [0.1, 0.15) is 5.56 Å². The molecule has 0 unspecified atom stereocenters. The van der Waals surface area contributed by atoms with E-state index in [1.165, 1.54) is 0 Å². The summed E-state index contributed by atoms with van der Waals surface area (Å²) in [5.74, 6) is -0.104. The van der Waals surface area contributed by atoms with E-state index < -0.39 is 5.91 Å². The monoisotopic (exact) mass is 176 g/mol. The lowest BCUT2D eigenvalue weighted by molar-refractivity contribution is -0.475. The van der Waals surface area contributed by atoms with E-state index in [9.17, 15) is 4.79 Å². The predicted molar refractivity (Wildman–Crippen MR) is 48.9 cm³/mol. The fourth-order valence-electron chi connectivity index (χ4n) is 1.31. The first-order valence-corrected chi connectivity index (χ1v) is 4.03. The molecule has 2 rings (SSSR count). The molecule has 1 aliphatic rings. The van der Waals surface area contributed by atoms with Gasteiger partial charge in [0.15, 0.2) is 0 Å². The lowest BCUT2D eigenvalue weighted by atomic mass is 10.1. The van der Waals surface area contributed by atoms with E-state index in [2.05, 4.69) is 10.3 Å². The van der Waals surface area contributed by atoms with E-state index in [1.807, 2.05) is 24.3 Å². The molecule has 4 heteroatoms. The van der Waals surface area contributed by atoms with Gasteiger partial charge >= 0.3 is 11.7 Å². The molecular weight excluding hydrogens is 166 g/mol. The van der Waals surface area contributed by atoms with E-state index in [-0.39, 0.29) is 0 Å². The van der Waals surface area contributed by atoms with E-state index >= 15 is 0 Å². The van der Waals surface area contributed by atoms with E-state index in [4.69, 9.17) is 5.73 Å². The van der Waals surface area contributed by atoms with Gasteiger partial charge in [-0.05, 0) is 6.07 Å². The van der Waals surface area contributed by atoms with Crippen molar-refractivity contribution in [1.82, 2.24) is 0 Å². The summed E-state index contributed by atoms with van der Waals surface area (Å²) >= 11 is 0. The summed E-state index contributed by atoms with van der Waals surface area (Å²) in [5.41, 5.74) is 7.20. The number of primary amides is 1. The molecule has 1 amide bonds. The van der Waals surface area contributed by atoms with Crippen molar-refractivity contribution in [3.05, 3.63) is 29.8 Å². The largest absolute Gasteiger partial charge is 0.359 e. The zero-order chi connectivity index (χ0) is 9.26. The number of nitrogens with two attached hydrogens (primary N) is 1. The number of amidine groups is 1. The second-order valence-electron chi connectivity index (χ2n) is 2.87. The third-order valence-electron chi connectivity index (χ3n) is 1.98. The van der Waals surface area contributed by atoms with Crippen molar-refractivity contribution >= 4 is 17.4 Å². The molecule has 0 aromatic heterocycles. The van der Waals surface area contributed by atoms with Gasteiger partial charge in [0.25, 0.3) is 0 Å². The molecule has 1 heterocycles. The Labute approximate surface area is 75.5 Å². The molecule has 0 fully saturated rings. The van der Waals surface area contributed by atoms with Gasteiger partial charge in [0.1, 0.15) is 12.2 Å². The van der Waals surface area contributed by atoms with Gasteiger partial charge in [-0.1, -0.05) is 18.2 Å². The average molecular weight is 176 g/mol. The minimum Gasteiger partial charge on any atom is -0.359 e. The van der Waals surface area contributed by atoms with Crippen LogP contribution in [0.5, 0.6) is 0 Å². The number of hydrogen-bond acceptors (Lipinski definition) is 2. The van der Waals surface area contributed by atoms with E-state index in [0.717, 1.165) is 11.3 Å². The van der Waals surface area contributed by atoms with Crippen LogP contribution in [0.15, 0.2) is 24.3 Å². The first-order valence-electron chi connectivity index (χ1n) is 4.03. The maximum atomic E-state index is 10.8. The van der Waals surface area contributed by atoms with Gasteiger partial charge in [0.05, 0.1) is 0 Å². The fourth-order valence-corrected chi connectivity index (χ4v) is 1.31. The molecule has 0 atom stereocenters. The molecule has 1 aromatic rings. The van der Waals surface area contributed by atoms with Crippen molar-refractivity contribution in [2.75, 3.05) is 5.32 Å². The Hall–Kier alpha value is -1.84. The SMILES string of the molecule is NC(=O)C1=[NH+]Cc2ccccc2N1. The normalized spacial score (nSPS) is 14.0. The Morgan fingerprint density at radius 3 is 3.00 bits per heavy atom. The Morgan fingerprint density at radius 2 is 2.23 bits per heavy atom. The highest BCUT2D eigenvalue weighted by atomic mass is 16.1. The molecule has 0 saturated carbocycles. The maximum Gasteiger partial charge on any atom is 0.339 e. The van der Waals surface area contributed by atoms with Gasteiger partial charge in [-0.25, -0.2) is 5.32 Å². The van der Waals surface area contributed by atoms with Gasteiger partial charge in [-0.2, -0.15) is 0 Å². The zero-order valence-electron chi connectivity index (χ0n) is 7.00. The molecular formula is C9H10N3O+. The number of benzene rings is 1. The van der Waals surface area contributed by atoms with Crippen molar-refractivity contribution in [3.8, 4) is 0 Å². The van der Waals surface area contributed by atoms with Crippen LogP contribution in [0.25, 0.3) is 0 Å². The lowest BCUT2D eigenvalue weighted by Crippen LogP contribution is -2.77. The molecule has 0 bridgehead atoms. The van der Waals surface area contributed by atoms with Crippen molar-refractivity contribution in [2.45, 2.75) is 6.54 Å². The summed E-state index contributed by atoms with van der Waals surface area (Å²) in [6.45, 7) is 0.640. The third-order valence-corrected chi connectivity index (χ3v) is 1.98. The van der Waals surface area contributed by atoms with Gasteiger partial charge in [-0.15, -0.1) is 0 Å². The molecule has 0 radical (unpaired) electrons. The van der Waals surface area contributed by atoms with Crippen LogP contribution in [0.4, 0.5) is 5.69 Å². The minimum absolute atomic E-state index is 0.360. The second kappa shape index (κ2) is 2.90. The van der Waals surface area contributed by atoms with Crippen LogP contribution in [0.3, 0.4) is 0 Å². The molecule has 66 valence electrons. The summed E-state index contributed by atoms with van der Waals surface area (Å²) < 4.78 is 0. The van der Waals surface area contributed by atoms with E-state index in [1.54, 1.807) is 0 Å². The number of amides is 1. The molecule has 13 heavy (non-hydrogen) atoms. The van der Waals surface area contributed by atoms with Crippen molar-refractivity contribution in [1.29, 1.82) is 0 Å². The van der Waals surface area contributed by atoms with Crippen LogP contribution >= 0.6 is 0 Å². The highest BCUT2D eigenvalue weighted by Gasteiger charge is 2.21. The first kappa shape index (κ1) is 7.79. The third kappa shape index (κ3) is 1.38. The van der Waals surface area contributed by atoms with Crippen LogP contribution < -0.4 is 16.0 Å². The number of carbonyl (C=O) groups excluding carboxylic acids is 1. The number of rotatable bonds is 1. The maximum absolute atomic E-state index is 10.8. The summed E-state index contributed by atoms with van der Waals surface area (Å²) in [7, 11) is 0. The first-order chi connectivity index (χ1) is 6.27. The highest BCUT2D eigenvalue weighted by molar-refractivity contribution is 6.39. The fraction of sp³-hybridized carbons (Fsp3) is 0.111. The summed E-state index contributed by atoms with van der Waals surface area (Å²) in [4.78, 5) is 13.7. The Bertz CT molecular complexity index is 384.